The second kappa shape index (κ2) is 7.94. The molecule has 0 unspecified atom stereocenters. The SMILES string of the molecule is O=C(c1n[nH]c2c1CCCCC2)N1CCC[C@@H]1c1cccc(Nc2nccs2)n1. The first-order chi connectivity index (χ1) is 14.3. The molecule has 1 saturated heterocycles. The number of carbonyl (C=O) groups is 1. The molecule has 1 aliphatic carbocycles. The van der Waals surface area contributed by atoms with Gasteiger partial charge >= 0.3 is 0 Å². The first-order valence-corrected chi connectivity index (χ1v) is 11.2. The predicted octanol–water partition coefficient (Wildman–Crippen LogP) is 4.25. The zero-order valence-corrected chi connectivity index (χ0v) is 17.0. The van der Waals surface area contributed by atoms with E-state index >= 15 is 0 Å². The van der Waals surface area contributed by atoms with Gasteiger partial charge in [-0.05, 0) is 50.7 Å². The molecule has 2 aliphatic rings. The van der Waals surface area contributed by atoms with Gasteiger partial charge in [-0.2, -0.15) is 5.10 Å². The van der Waals surface area contributed by atoms with Gasteiger partial charge in [0, 0.05) is 29.4 Å². The lowest BCUT2D eigenvalue weighted by atomic mass is 10.1. The number of nitrogens with zero attached hydrogens (tertiary/aromatic N) is 4. The lowest BCUT2D eigenvalue weighted by Gasteiger charge is -2.24. The minimum atomic E-state index is -0.0151. The molecule has 1 atom stereocenters. The number of likely N-dealkylation sites (tertiary alicyclic amines) is 1. The van der Waals surface area contributed by atoms with Gasteiger partial charge in [0.1, 0.15) is 5.82 Å². The van der Waals surface area contributed by atoms with Crippen LogP contribution in [0.25, 0.3) is 0 Å². The van der Waals surface area contributed by atoms with Crippen molar-refractivity contribution in [3.63, 3.8) is 0 Å². The molecule has 1 fully saturated rings. The fourth-order valence-corrected chi connectivity index (χ4v) is 4.93. The number of hydrogen-bond acceptors (Lipinski definition) is 6. The van der Waals surface area contributed by atoms with Gasteiger partial charge in [-0.3, -0.25) is 9.89 Å². The molecular weight excluding hydrogens is 384 g/mol. The molecule has 4 heterocycles. The minimum Gasteiger partial charge on any atom is -0.329 e. The van der Waals surface area contributed by atoms with Crippen LogP contribution in [0, 0.1) is 0 Å². The summed E-state index contributed by atoms with van der Waals surface area (Å²) >= 11 is 1.54. The fraction of sp³-hybridized carbons (Fsp3) is 0.429. The molecule has 150 valence electrons. The van der Waals surface area contributed by atoms with Crippen molar-refractivity contribution in [1.82, 2.24) is 25.1 Å². The van der Waals surface area contributed by atoms with Crippen molar-refractivity contribution in [2.75, 3.05) is 11.9 Å². The van der Waals surface area contributed by atoms with Crippen LogP contribution in [0.1, 0.15) is 65.6 Å². The Balaban J connectivity index is 1.39. The van der Waals surface area contributed by atoms with Gasteiger partial charge in [0.2, 0.25) is 0 Å². The molecule has 1 aliphatic heterocycles. The average Bonchev–Trinajstić information content (AvgIpc) is 3.47. The maximum absolute atomic E-state index is 13.4. The Labute approximate surface area is 173 Å². The van der Waals surface area contributed by atoms with Crippen LogP contribution < -0.4 is 5.32 Å². The number of rotatable bonds is 4. The van der Waals surface area contributed by atoms with Crippen molar-refractivity contribution in [1.29, 1.82) is 0 Å². The Morgan fingerprint density at radius 3 is 3.03 bits per heavy atom. The maximum Gasteiger partial charge on any atom is 0.275 e. The molecular formula is C21H24N6OS. The summed E-state index contributed by atoms with van der Waals surface area (Å²) in [6, 6.07) is 5.91. The van der Waals surface area contributed by atoms with Gasteiger partial charge < -0.3 is 10.2 Å². The second-order valence-electron chi connectivity index (χ2n) is 7.66. The van der Waals surface area contributed by atoms with Crippen molar-refractivity contribution in [2.24, 2.45) is 0 Å². The monoisotopic (exact) mass is 408 g/mol. The van der Waals surface area contributed by atoms with E-state index in [0.717, 1.165) is 73.0 Å². The quantitative estimate of drug-likeness (QED) is 0.630. The summed E-state index contributed by atoms with van der Waals surface area (Å²) in [5.74, 6) is 0.789. The maximum atomic E-state index is 13.4. The fourth-order valence-electron chi connectivity index (χ4n) is 4.39. The van der Waals surface area contributed by atoms with E-state index in [0.29, 0.717) is 5.69 Å². The molecule has 5 rings (SSSR count). The molecule has 0 radical (unpaired) electrons. The number of pyridine rings is 1. The number of aromatic amines is 1. The van der Waals surface area contributed by atoms with Crippen LogP contribution in [0.3, 0.4) is 0 Å². The number of hydrogen-bond donors (Lipinski definition) is 2. The summed E-state index contributed by atoms with van der Waals surface area (Å²) in [7, 11) is 0. The van der Waals surface area contributed by atoms with Crippen LogP contribution in [0.4, 0.5) is 10.9 Å². The van der Waals surface area contributed by atoms with Crippen LogP contribution in [0.15, 0.2) is 29.8 Å². The Morgan fingerprint density at radius 1 is 1.21 bits per heavy atom. The molecule has 0 spiro atoms. The lowest BCUT2D eigenvalue weighted by molar-refractivity contribution is 0.0726. The highest BCUT2D eigenvalue weighted by Gasteiger charge is 2.34. The smallest absolute Gasteiger partial charge is 0.275 e. The molecule has 7 nitrogen and oxygen atoms in total. The molecule has 3 aromatic heterocycles. The third kappa shape index (κ3) is 3.64. The third-order valence-corrected chi connectivity index (χ3v) is 6.49. The zero-order valence-electron chi connectivity index (χ0n) is 16.2. The molecule has 29 heavy (non-hydrogen) atoms. The number of H-pyrrole nitrogens is 1. The van der Waals surface area contributed by atoms with Crippen LogP contribution >= 0.6 is 11.3 Å². The third-order valence-electron chi connectivity index (χ3n) is 5.80. The summed E-state index contributed by atoms with van der Waals surface area (Å²) in [6.07, 6.45) is 9.11. The first-order valence-electron chi connectivity index (χ1n) is 10.3. The van der Waals surface area contributed by atoms with Crippen molar-refractivity contribution in [3.05, 3.63) is 52.4 Å². The van der Waals surface area contributed by atoms with Crippen molar-refractivity contribution >= 4 is 28.2 Å². The Bertz CT molecular complexity index is 999. The molecule has 0 saturated carbocycles. The van der Waals surface area contributed by atoms with E-state index in [1.54, 1.807) is 6.20 Å². The number of aryl methyl sites for hydroxylation is 1. The molecule has 3 aromatic rings. The van der Waals surface area contributed by atoms with Crippen LogP contribution in [-0.4, -0.2) is 37.5 Å². The lowest BCUT2D eigenvalue weighted by Crippen LogP contribution is -2.32. The Morgan fingerprint density at radius 2 is 2.14 bits per heavy atom. The van der Waals surface area contributed by atoms with E-state index in [4.69, 9.17) is 4.98 Å². The minimum absolute atomic E-state index is 0.0151. The van der Waals surface area contributed by atoms with Crippen molar-refractivity contribution < 1.29 is 4.79 Å². The normalized spacial score (nSPS) is 19.0. The molecule has 2 N–H and O–H groups in total. The number of anilines is 2. The van der Waals surface area contributed by atoms with E-state index in [1.807, 2.05) is 28.5 Å². The molecule has 8 heteroatoms. The molecule has 1 amide bonds. The Hall–Kier alpha value is -2.74. The largest absolute Gasteiger partial charge is 0.329 e. The Kier molecular flexibility index (Phi) is 5.01. The zero-order chi connectivity index (χ0) is 19.6. The number of carbonyl (C=O) groups excluding carboxylic acids is 1. The van der Waals surface area contributed by atoms with E-state index in [9.17, 15) is 4.79 Å². The van der Waals surface area contributed by atoms with Crippen LogP contribution in [0.2, 0.25) is 0 Å². The van der Waals surface area contributed by atoms with Gasteiger partial charge in [-0.25, -0.2) is 9.97 Å². The van der Waals surface area contributed by atoms with Gasteiger partial charge in [0.25, 0.3) is 5.91 Å². The number of thiazole rings is 1. The summed E-state index contributed by atoms with van der Waals surface area (Å²) in [4.78, 5) is 24.4. The summed E-state index contributed by atoms with van der Waals surface area (Å²) in [5.41, 5.74) is 3.81. The van der Waals surface area contributed by atoms with E-state index in [1.165, 1.54) is 17.8 Å². The number of nitrogens with one attached hydrogen (secondary N) is 2. The predicted molar refractivity (Wildman–Crippen MR) is 112 cm³/mol. The van der Waals surface area contributed by atoms with E-state index in [-0.39, 0.29) is 11.9 Å². The van der Waals surface area contributed by atoms with Crippen LogP contribution in [-0.2, 0) is 12.8 Å². The van der Waals surface area contributed by atoms with Gasteiger partial charge in [0.15, 0.2) is 10.8 Å². The highest BCUT2D eigenvalue weighted by Crippen LogP contribution is 2.34. The van der Waals surface area contributed by atoms with Gasteiger partial charge in [0.05, 0.1) is 11.7 Å². The van der Waals surface area contributed by atoms with Gasteiger partial charge in [-0.1, -0.05) is 12.5 Å². The summed E-state index contributed by atoms with van der Waals surface area (Å²) in [5, 5.41) is 13.5. The highest BCUT2D eigenvalue weighted by molar-refractivity contribution is 7.13. The summed E-state index contributed by atoms with van der Waals surface area (Å²) < 4.78 is 0. The highest BCUT2D eigenvalue weighted by atomic mass is 32.1. The molecule has 0 bridgehead atoms. The topological polar surface area (TPSA) is 86.8 Å². The van der Waals surface area contributed by atoms with E-state index < -0.39 is 0 Å². The second-order valence-corrected chi connectivity index (χ2v) is 8.55. The summed E-state index contributed by atoms with van der Waals surface area (Å²) in [6.45, 7) is 0.747. The number of amides is 1. The number of aromatic nitrogens is 4. The standard InChI is InChI=1S/C21H24N6OS/c28-20(19-14-6-2-1-3-7-15(14)25-26-19)27-12-5-9-17(27)16-8-4-10-18(23-16)24-21-22-11-13-29-21/h4,8,10-11,13,17H,1-3,5-7,9,12H2,(H,25,26)(H,22,23,24)/t17-/m1/s1. The van der Waals surface area contributed by atoms with Gasteiger partial charge in [-0.15, -0.1) is 11.3 Å². The number of fused-ring (bicyclic) bond motifs is 1. The van der Waals surface area contributed by atoms with Crippen LogP contribution in [0.5, 0.6) is 0 Å². The molecule has 0 aromatic carbocycles. The van der Waals surface area contributed by atoms with Crippen molar-refractivity contribution in [3.8, 4) is 0 Å². The van der Waals surface area contributed by atoms with Crippen molar-refractivity contribution in [2.45, 2.75) is 51.0 Å². The van der Waals surface area contributed by atoms with E-state index in [2.05, 4.69) is 20.5 Å². The first kappa shape index (κ1) is 18.3. The average molecular weight is 409 g/mol.